The van der Waals surface area contributed by atoms with Crippen LogP contribution in [0.3, 0.4) is 0 Å². The molecule has 1 aromatic carbocycles. The molecule has 0 atom stereocenters. The third kappa shape index (κ3) is 2.35. The standard InChI is InChI=1S/C11H10N2O2.Li/c1-13-7-9(12-10(13)11(14)15)8-5-3-2-4-6-8;/h2-7H,1H3,(H,14,15);. The van der Waals surface area contributed by atoms with Gasteiger partial charge in [0, 0.05) is 37.7 Å². The molecule has 0 aliphatic heterocycles. The van der Waals surface area contributed by atoms with Crippen LogP contribution in [0.5, 0.6) is 0 Å². The van der Waals surface area contributed by atoms with E-state index >= 15 is 0 Å². The first kappa shape index (κ1) is 12.6. The fraction of sp³-hybridized carbons (Fsp3) is 0.0909. The maximum Gasteiger partial charge on any atom is 0.372 e. The summed E-state index contributed by atoms with van der Waals surface area (Å²) in [6.45, 7) is 0. The molecule has 2 aromatic rings. The Morgan fingerprint density at radius 3 is 2.44 bits per heavy atom. The van der Waals surface area contributed by atoms with Gasteiger partial charge in [0.25, 0.3) is 0 Å². The van der Waals surface area contributed by atoms with Crippen molar-refractivity contribution in [3.8, 4) is 11.3 Å². The minimum absolute atomic E-state index is 0. The number of aromatic carboxylic acids is 1. The molecule has 2 rings (SSSR count). The van der Waals surface area contributed by atoms with E-state index in [-0.39, 0.29) is 24.7 Å². The number of benzene rings is 1. The summed E-state index contributed by atoms with van der Waals surface area (Å²) in [6, 6.07) is 9.49. The van der Waals surface area contributed by atoms with Gasteiger partial charge in [-0.3, -0.25) is 0 Å². The Morgan fingerprint density at radius 2 is 1.94 bits per heavy atom. The molecule has 0 spiro atoms. The fourth-order valence-electron chi connectivity index (χ4n) is 1.41. The van der Waals surface area contributed by atoms with Gasteiger partial charge in [-0.15, -0.1) is 0 Å². The van der Waals surface area contributed by atoms with Crippen LogP contribution >= 0.6 is 0 Å². The molecule has 0 aliphatic carbocycles. The minimum atomic E-state index is -1.01. The van der Waals surface area contributed by atoms with Gasteiger partial charge in [-0.2, -0.15) is 0 Å². The van der Waals surface area contributed by atoms with Gasteiger partial charge >= 0.3 is 5.97 Å². The van der Waals surface area contributed by atoms with Crippen LogP contribution < -0.4 is 0 Å². The Kier molecular flexibility index (Phi) is 3.94. The van der Waals surface area contributed by atoms with Crippen molar-refractivity contribution in [2.75, 3.05) is 0 Å². The number of hydrogen-bond acceptors (Lipinski definition) is 2. The van der Waals surface area contributed by atoms with Crippen molar-refractivity contribution in [3.05, 3.63) is 42.4 Å². The molecular formula is C11H10LiN2O2. The Morgan fingerprint density at radius 1 is 1.31 bits per heavy atom. The average molecular weight is 209 g/mol. The van der Waals surface area contributed by atoms with Crippen LogP contribution in [0.25, 0.3) is 11.3 Å². The molecule has 0 amide bonds. The van der Waals surface area contributed by atoms with Crippen molar-refractivity contribution in [1.82, 2.24) is 9.55 Å². The number of aryl methyl sites for hydroxylation is 1. The van der Waals surface area contributed by atoms with Crippen LogP contribution in [0.4, 0.5) is 0 Å². The average Bonchev–Trinajstić information content (AvgIpc) is 2.62. The molecule has 1 N–H and O–H groups in total. The van der Waals surface area contributed by atoms with E-state index in [2.05, 4.69) is 4.98 Å². The Labute approximate surface area is 105 Å². The first-order valence-electron chi connectivity index (χ1n) is 4.50. The first-order valence-corrected chi connectivity index (χ1v) is 4.50. The molecular weight excluding hydrogens is 199 g/mol. The summed E-state index contributed by atoms with van der Waals surface area (Å²) in [5.74, 6) is -0.964. The molecule has 0 bridgehead atoms. The van der Waals surface area contributed by atoms with E-state index < -0.39 is 5.97 Å². The van der Waals surface area contributed by atoms with Crippen LogP contribution in [-0.2, 0) is 7.05 Å². The van der Waals surface area contributed by atoms with Gasteiger partial charge in [0.15, 0.2) is 0 Å². The summed E-state index contributed by atoms with van der Waals surface area (Å²) in [5.41, 5.74) is 1.59. The van der Waals surface area contributed by atoms with Gasteiger partial charge in [-0.1, -0.05) is 30.3 Å². The van der Waals surface area contributed by atoms with E-state index in [1.165, 1.54) is 4.57 Å². The van der Waals surface area contributed by atoms with Gasteiger partial charge in [-0.25, -0.2) is 9.78 Å². The van der Waals surface area contributed by atoms with E-state index in [0.29, 0.717) is 5.69 Å². The van der Waals surface area contributed by atoms with Crippen LogP contribution in [0.2, 0.25) is 0 Å². The SMILES string of the molecule is Cn1cc(-c2ccccc2)nc1C(=O)O.[Li]. The quantitative estimate of drug-likeness (QED) is 0.760. The molecule has 0 aliphatic rings. The van der Waals surface area contributed by atoms with E-state index in [9.17, 15) is 4.79 Å². The predicted octanol–water partition coefficient (Wildman–Crippen LogP) is 1.40. The molecule has 1 aromatic heterocycles. The molecule has 0 saturated heterocycles. The molecule has 0 saturated carbocycles. The number of aromatic nitrogens is 2. The van der Waals surface area contributed by atoms with Gasteiger partial charge in [-0.05, 0) is 0 Å². The topological polar surface area (TPSA) is 55.1 Å². The minimum Gasteiger partial charge on any atom is -0.475 e. The number of nitrogens with zero attached hydrogens (tertiary/aromatic N) is 2. The molecule has 16 heavy (non-hydrogen) atoms. The number of rotatable bonds is 2. The van der Waals surface area contributed by atoms with E-state index in [0.717, 1.165) is 5.56 Å². The molecule has 0 fully saturated rings. The zero-order valence-electron chi connectivity index (χ0n) is 9.21. The summed E-state index contributed by atoms with van der Waals surface area (Å²) < 4.78 is 1.50. The molecule has 1 heterocycles. The summed E-state index contributed by atoms with van der Waals surface area (Å²) in [5, 5.41) is 8.84. The predicted molar refractivity (Wildman–Crippen MR) is 61.4 cm³/mol. The summed E-state index contributed by atoms with van der Waals surface area (Å²) in [4.78, 5) is 14.8. The Bertz CT molecular complexity index is 494. The van der Waals surface area contributed by atoms with Crippen molar-refractivity contribution >= 4 is 24.8 Å². The van der Waals surface area contributed by atoms with Crippen molar-refractivity contribution in [1.29, 1.82) is 0 Å². The van der Waals surface area contributed by atoms with Crippen molar-refractivity contribution in [2.24, 2.45) is 7.05 Å². The number of carboxylic acids is 1. The van der Waals surface area contributed by atoms with Crippen molar-refractivity contribution in [2.45, 2.75) is 0 Å². The van der Waals surface area contributed by atoms with Gasteiger partial charge in [0.2, 0.25) is 5.82 Å². The fourth-order valence-corrected chi connectivity index (χ4v) is 1.41. The number of imidazole rings is 1. The maximum atomic E-state index is 10.8. The molecule has 1 radical (unpaired) electrons. The summed E-state index contributed by atoms with van der Waals surface area (Å²) in [6.07, 6.45) is 1.71. The summed E-state index contributed by atoms with van der Waals surface area (Å²) >= 11 is 0. The number of carbonyl (C=O) groups is 1. The first-order chi connectivity index (χ1) is 7.18. The molecule has 0 unspecified atom stereocenters. The van der Waals surface area contributed by atoms with Gasteiger partial charge in [0.05, 0.1) is 5.69 Å². The second-order valence-electron chi connectivity index (χ2n) is 3.23. The van der Waals surface area contributed by atoms with Crippen molar-refractivity contribution in [3.63, 3.8) is 0 Å². The van der Waals surface area contributed by atoms with Crippen LogP contribution in [0.1, 0.15) is 10.6 Å². The molecule has 77 valence electrons. The third-order valence-electron chi connectivity index (χ3n) is 2.14. The monoisotopic (exact) mass is 209 g/mol. The second kappa shape index (κ2) is 5.02. The number of carboxylic acid groups (broad SMARTS) is 1. The maximum absolute atomic E-state index is 10.8. The normalized spacial score (nSPS) is 9.56. The van der Waals surface area contributed by atoms with Gasteiger partial charge < -0.3 is 9.67 Å². The molecule has 4 nitrogen and oxygen atoms in total. The zero-order valence-corrected chi connectivity index (χ0v) is 9.21. The van der Waals surface area contributed by atoms with Crippen molar-refractivity contribution < 1.29 is 9.90 Å². The Hall–Kier alpha value is -1.50. The van der Waals surface area contributed by atoms with Crippen LogP contribution in [0.15, 0.2) is 36.5 Å². The summed E-state index contributed by atoms with van der Waals surface area (Å²) in [7, 11) is 1.67. The number of hydrogen-bond donors (Lipinski definition) is 1. The van der Waals surface area contributed by atoms with E-state index in [1.54, 1.807) is 13.2 Å². The Balaban J connectivity index is 0.00000128. The van der Waals surface area contributed by atoms with E-state index in [4.69, 9.17) is 5.11 Å². The zero-order chi connectivity index (χ0) is 10.8. The smallest absolute Gasteiger partial charge is 0.372 e. The second-order valence-corrected chi connectivity index (χ2v) is 3.23. The largest absolute Gasteiger partial charge is 0.475 e. The third-order valence-corrected chi connectivity index (χ3v) is 2.14. The van der Waals surface area contributed by atoms with Crippen LogP contribution in [0, 0.1) is 0 Å². The van der Waals surface area contributed by atoms with Crippen LogP contribution in [-0.4, -0.2) is 39.5 Å². The molecule has 5 heteroatoms. The van der Waals surface area contributed by atoms with Gasteiger partial charge in [0.1, 0.15) is 0 Å². The van der Waals surface area contributed by atoms with E-state index in [1.807, 2.05) is 30.3 Å².